The molecule has 2 saturated heterocycles. The number of aromatic nitrogens is 2. The van der Waals surface area contributed by atoms with Crippen LogP contribution in [0, 0.1) is 10.4 Å². The number of piperazine rings is 1. The number of halogens is 1. The summed E-state index contributed by atoms with van der Waals surface area (Å²) in [6, 6.07) is 1.87. The lowest BCUT2D eigenvalue weighted by molar-refractivity contribution is -0.691. The largest absolute Gasteiger partial charge is 0.784 e. The van der Waals surface area contributed by atoms with Gasteiger partial charge in [0.15, 0.2) is 0 Å². The molecule has 0 saturated carbocycles. The minimum atomic E-state index is -0.361. The number of nitrogens with zero attached hydrogens (tertiary/aromatic N) is 7. The normalized spacial score (nSPS) is 23.7. The fraction of sp³-hybridized carbons (Fsp3) is 0.789. The van der Waals surface area contributed by atoms with Crippen molar-refractivity contribution in [1.29, 1.82) is 0 Å². The summed E-state index contributed by atoms with van der Waals surface area (Å²) in [4.78, 5) is 10.6. The average molecular weight is 440 g/mol. The molecule has 0 radical (unpaired) electrons. The number of hydrazine groups is 1. The molecule has 2 aliphatic heterocycles. The van der Waals surface area contributed by atoms with Crippen LogP contribution in [-0.4, -0.2) is 86.3 Å². The highest BCUT2D eigenvalue weighted by Gasteiger charge is 2.39. The summed E-state index contributed by atoms with van der Waals surface area (Å²) in [5.74, 6) is 0.242. The van der Waals surface area contributed by atoms with E-state index in [0.717, 1.165) is 39.0 Å². The Kier molecular flexibility index (Phi) is 7.13. The molecular formula is C19H32ClN8O2-. The van der Waals surface area contributed by atoms with Crippen LogP contribution < -0.4 is 5.32 Å². The predicted molar refractivity (Wildman–Crippen MR) is 115 cm³/mol. The van der Waals surface area contributed by atoms with E-state index in [4.69, 9.17) is 11.6 Å². The zero-order valence-electron chi connectivity index (χ0n) is 18.2. The van der Waals surface area contributed by atoms with Crippen LogP contribution in [0.3, 0.4) is 0 Å². The molecule has 3 rings (SSSR count). The lowest BCUT2D eigenvalue weighted by Crippen LogP contribution is -2.61. The maximum absolute atomic E-state index is 12.5. The van der Waals surface area contributed by atoms with Crippen molar-refractivity contribution in [3.8, 4) is 0 Å². The molecule has 0 aliphatic carbocycles. The van der Waals surface area contributed by atoms with E-state index in [1.165, 1.54) is 11.3 Å². The van der Waals surface area contributed by atoms with Gasteiger partial charge in [-0.1, -0.05) is 0 Å². The molecule has 2 fully saturated rings. The van der Waals surface area contributed by atoms with Crippen molar-refractivity contribution in [2.45, 2.75) is 57.7 Å². The lowest BCUT2D eigenvalue weighted by Gasteiger charge is -2.60. The van der Waals surface area contributed by atoms with Gasteiger partial charge in [0.25, 0.3) is 0 Å². The van der Waals surface area contributed by atoms with Crippen LogP contribution in [0.25, 0.3) is 0 Å². The third-order valence-corrected chi connectivity index (χ3v) is 6.02. The molecule has 30 heavy (non-hydrogen) atoms. The average Bonchev–Trinajstić information content (AvgIpc) is 2.66. The van der Waals surface area contributed by atoms with Gasteiger partial charge in [0.05, 0.1) is 18.2 Å². The summed E-state index contributed by atoms with van der Waals surface area (Å²) < 4.78 is 0. The van der Waals surface area contributed by atoms with Crippen molar-refractivity contribution in [2.24, 2.45) is 5.11 Å². The fourth-order valence-electron chi connectivity index (χ4n) is 4.50. The van der Waals surface area contributed by atoms with Crippen LogP contribution in [0.2, 0.25) is 5.28 Å². The van der Waals surface area contributed by atoms with E-state index in [2.05, 4.69) is 25.3 Å². The van der Waals surface area contributed by atoms with Crippen LogP contribution in [0.4, 0.5) is 5.82 Å². The molecule has 0 bridgehead atoms. The van der Waals surface area contributed by atoms with Crippen molar-refractivity contribution >= 4 is 17.4 Å². The number of hydroxylamine groups is 2. The van der Waals surface area contributed by atoms with Gasteiger partial charge in [-0.2, -0.15) is 4.98 Å². The van der Waals surface area contributed by atoms with E-state index in [0.29, 0.717) is 24.1 Å². The third-order valence-electron chi connectivity index (χ3n) is 5.84. The van der Waals surface area contributed by atoms with E-state index < -0.39 is 0 Å². The Balaban J connectivity index is 1.42. The zero-order valence-corrected chi connectivity index (χ0v) is 19.0. The monoisotopic (exact) mass is 439 g/mol. The fourth-order valence-corrected chi connectivity index (χ4v) is 4.64. The topological polar surface area (TPSA) is 109 Å². The summed E-state index contributed by atoms with van der Waals surface area (Å²) in [5, 5.41) is 35.3. The molecule has 0 aromatic carbocycles. The molecular weight excluding hydrogens is 408 g/mol. The first-order valence-electron chi connectivity index (χ1n) is 10.4. The Hall–Kier alpha value is -1.59. The first kappa shape index (κ1) is 23.1. The summed E-state index contributed by atoms with van der Waals surface area (Å²) in [7, 11) is 0. The molecule has 0 atom stereocenters. The second-order valence-electron chi connectivity index (χ2n) is 9.31. The number of nitrogens with one attached hydrogen (secondary N) is 1. The maximum Gasteiger partial charge on any atom is 0.228 e. The van der Waals surface area contributed by atoms with Gasteiger partial charge in [-0.3, -0.25) is 4.90 Å². The molecule has 168 valence electrons. The van der Waals surface area contributed by atoms with Crippen LogP contribution in [0.5, 0.6) is 0 Å². The number of hydrogen-bond donors (Lipinski definition) is 1. The first-order valence-corrected chi connectivity index (χ1v) is 10.8. The predicted octanol–water partition coefficient (Wildman–Crippen LogP) is 2.37. The zero-order chi connectivity index (χ0) is 21.9. The summed E-state index contributed by atoms with van der Waals surface area (Å²) in [6.45, 7) is 12.6. The smallest absolute Gasteiger partial charge is 0.228 e. The first-order chi connectivity index (χ1) is 14.1. The van der Waals surface area contributed by atoms with Gasteiger partial charge in [0.1, 0.15) is 0 Å². The minimum absolute atomic E-state index is 0.0645. The number of hydrogen-bond acceptors (Lipinski definition) is 8. The molecule has 10 nitrogen and oxygen atoms in total. The van der Waals surface area contributed by atoms with Crippen molar-refractivity contribution in [1.82, 2.24) is 30.3 Å². The molecule has 11 heteroatoms. The van der Waals surface area contributed by atoms with E-state index in [-0.39, 0.29) is 22.2 Å². The summed E-state index contributed by atoms with van der Waals surface area (Å²) in [5.41, 5.74) is -0.722. The Morgan fingerprint density at radius 3 is 2.43 bits per heavy atom. The van der Waals surface area contributed by atoms with Gasteiger partial charge in [-0.05, 0) is 52.1 Å². The highest BCUT2D eigenvalue weighted by Crippen LogP contribution is 2.37. The molecule has 3 heterocycles. The van der Waals surface area contributed by atoms with Gasteiger partial charge in [0, 0.05) is 60.5 Å². The molecule has 1 aromatic rings. The Bertz CT molecular complexity index is 734. The lowest BCUT2D eigenvalue weighted by atomic mass is 9.79. The number of piperidine rings is 1. The SMILES string of the molecule is CC1(C)CC(NCCN2CCN([N+]([O-])=Nc3ccnc(Cl)n3)CC2)CC(C)(C)N1[O-]. The van der Waals surface area contributed by atoms with Gasteiger partial charge in [0.2, 0.25) is 11.1 Å². The quantitative estimate of drug-likeness (QED) is 0.311. The van der Waals surface area contributed by atoms with E-state index >= 15 is 0 Å². The standard InChI is InChI=1S/C19H32ClN8O2/c1-18(2)13-15(14-19(3,4)27(18)29)21-7-8-25-9-11-26(12-10-25)28(30)24-16-5-6-22-17(20)23-16/h5-6,15,21H,7-14H2,1-4H3/q-1. The molecule has 0 unspecified atom stereocenters. The second-order valence-corrected chi connectivity index (χ2v) is 9.65. The van der Waals surface area contributed by atoms with Gasteiger partial charge in [-0.15, -0.1) is 5.01 Å². The van der Waals surface area contributed by atoms with Crippen LogP contribution in [0.15, 0.2) is 17.4 Å². The Morgan fingerprint density at radius 2 is 1.83 bits per heavy atom. The second kappa shape index (κ2) is 9.27. The summed E-state index contributed by atoms with van der Waals surface area (Å²) in [6.07, 6.45) is 3.15. The number of rotatable bonds is 6. The van der Waals surface area contributed by atoms with Crippen LogP contribution in [0.1, 0.15) is 40.5 Å². The highest BCUT2D eigenvalue weighted by atomic mass is 35.5. The van der Waals surface area contributed by atoms with Crippen molar-refractivity contribution in [3.63, 3.8) is 0 Å². The highest BCUT2D eigenvalue weighted by molar-refractivity contribution is 6.28. The Labute approximate surface area is 183 Å². The van der Waals surface area contributed by atoms with E-state index in [1.54, 1.807) is 11.1 Å². The molecule has 0 spiro atoms. The van der Waals surface area contributed by atoms with Crippen molar-refractivity contribution < 1.29 is 4.97 Å². The van der Waals surface area contributed by atoms with Gasteiger partial charge in [-0.25, -0.2) is 4.98 Å². The molecule has 2 aliphatic rings. The van der Waals surface area contributed by atoms with Crippen LogP contribution >= 0.6 is 11.6 Å². The third kappa shape index (κ3) is 5.76. The summed E-state index contributed by atoms with van der Waals surface area (Å²) >= 11 is 5.73. The van der Waals surface area contributed by atoms with Crippen molar-refractivity contribution in [3.05, 3.63) is 28.0 Å². The van der Waals surface area contributed by atoms with Gasteiger partial charge >= 0.3 is 0 Å². The molecule has 1 aromatic heterocycles. The Morgan fingerprint density at radius 1 is 1.20 bits per heavy atom. The minimum Gasteiger partial charge on any atom is -0.784 e. The van der Waals surface area contributed by atoms with E-state index in [9.17, 15) is 10.4 Å². The molecule has 1 N–H and O–H groups in total. The van der Waals surface area contributed by atoms with Gasteiger partial charge < -0.3 is 20.8 Å². The van der Waals surface area contributed by atoms with Crippen molar-refractivity contribution in [2.75, 3.05) is 39.3 Å². The van der Waals surface area contributed by atoms with Crippen LogP contribution in [-0.2, 0) is 0 Å². The maximum atomic E-state index is 12.5. The van der Waals surface area contributed by atoms with E-state index in [1.807, 2.05) is 27.7 Å². The molecule has 0 amide bonds.